The molecule has 1 atom stereocenters. The monoisotopic (exact) mass is 450 g/mol. The summed E-state index contributed by atoms with van der Waals surface area (Å²) in [5, 5.41) is 5.58. The van der Waals surface area contributed by atoms with Crippen LogP contribution in [0.25, 0.3) is 0 Å². The van der Waals surface area contributed by atoms with Crippen LogP contribution in [0.5, 0.6) is 0 Å². The van der Waals surface area contributed by atoms with Crippen molar-refractivity contribution in [3.63, 3.8) is 0 Å². The van der Waals surface area contributed by atoms with E-state index < -0.39 is 0 Å². The number of hydrogen-bond donors (Lipinski definition) is 3. The third-order valence-corrected chi connectivity index (χ3v) is 5.86. The van der Waals surface area contributed by atoms with Gasteiger partial charge in [0, 0.05) is 18.9 Å². The Morgan fingerprint density at radius 1 is 1.22 bits per heavy atom. The first kappa shape index (κ1) is 20.6. The summed E-state index contributed by atoms with van der Waals surface area (Å²) in [6, 6.07) is 9.01. The number of hydrazine groups is 2. The van der Waals surface area contributed by atoms with Gasteiger partial charge in [0.1, 0.15) is 5.69 Å². The highest BCUT2D eigenvalue weighted by Gasteiger charge is 2.31. The van der Waals surface area contributed by atoms with E-state index in [1.54, 1.807) is 46.7 Å². The summed E-state index contributed by atoms with van der Waals surface area (Å²) >= 11 is 6.41. The zero-order valence-electron chi connectivity index (χ0n) is 17.5. The number of nitrogens with zero attached hydrogens (tertiary/aromatic N) is 5. The molecule has 0 radical (unpaired) electrons. The Morgan fingerprint density at radius 2 is 2.12 bits per heavy atom. The lowest BCUT2D eigenvalue weighted by atomic mass is 10.0. The van der Waals surface area contributed by atoms with E-state index in [4.69, 9.17) is 11.6 Å². The number of fused-ring (bicyclic) bond motifs is 1. The van der Waals surface area contributed by atoms with Crippen molar-refractivity contribution in [3.05, 3.63) is 65.2 Å². The molecule has 5 rings (SSSR count). The minimum absolute atomic E-state index is 0.0473. The SMILES string of the molecule is Cc1cnc2c(c1)NNN2c1ccc(C(=O)N(c2ncccc2Cl)[C@@H]2CCCNC2)nc1. The number of rotatable bonds is 4. The van der Waals surface area contributed by atoms with Crippen molar-refractivity contribution < 1.29 is 4.79 Å². The molecule has 2 aliphatic rings. The highest BCUT2D eigenvalue weighted by molar-refractivity contribution is 6.33. The molecular weight excluding hydrogens is 428 g/mol. The van der Waals surface area contributed by atoms with Crippen molar-refractivity contribution in [2.75, 3.05) is 28.4 Å². The Hall–Kier alpha value is -3.27. The molecule has 0 aliphatic carbocycles. The average molecular weight is 451 g/mol. The topological polar surface area (TPSA) is 98.3 Å². The zero-order chi connectivity index (χ0) is 22.1. The number of carbonyl (C=O) groups excluding carboxylic acids is 1. The molecule has 0 unspecified atom stereocenters. The summed E-state index contributed by atoms with van der Waals surface area (Å²) in [5.41, 5.74) is 9.19. The number of aryl methyl sites for hydroxylation is 1. The van der Waals surface area contributed by atoms with Gasteiger partial charge < -0.3 is 5.32 Å². The van der Waals surface area contributed by atoms with Gasteiger partial charge in [-0.05, 0) is 62.2 Å². The van der Waals surface area contributed by atoms with Crippen molar-refractivity contribution in [3.8, 4) is 0 Å². The highest BCUT2D eigenvalue weighted by atomic mass is 35.5. The Bertz CT molecular complexity index is 1130. The molecule has 3 aromatic heterocycles. The van der Waals surface area contributed by atoms with Crippen LogP contribution in [-0.4, -0.2) is 40.0 Å². The number of pyridine rings is 3. The van der Waals surface area contributed by atoms with Crippen LogP contribution in [-0.2, 0) is 0 Å². The van der Waals surface area contributed by atoms with Crippen LogP contribution < -0.4 is 26.2 Å². The van der Waals surface area contributed by atoms with Gasteiger partial charge in [-0.25, -0.2) is 20.0 Å². The maximum atomic E-state index is 13.5. The van der Waals surface area contributed by atoms with Crippen LogP contribution in [0.1, 0.15) is 28.9 Å². The summed E-state index contributed by atoms with van der Waals surface area (Å²) in [5.74, 6) is 0.969. The van der Waals surface area contributed by atoms with Crippen LogP contribution in [0, 0.1) is 6.92 Å². The van der Waals surface area contributed by atoms with Crippen molar-refractivity contribution in [2.45, 2.75) is 25.8 Å². The number of carbonyl (C=O) groups is 1. The maximum absolute atomic E-state index is 13.5. The van der Waals surface area contributed by atoms with Crippen LogP contribution in [0.4, 0.5) is 23.0 Å². The van der Waals surface area contributed by atoms with E-state index in [2.05, 4.69) is 31.2 Å². The van der Waals surface area contributed by atoms with Gasteiger partial charge in [0.25, 0.3) is 5.91 Å². The van der Waals surface area contributed by atoms with Gasteiger partial charge in [-0.3, -0.25) is 15.1 Å². The molecular formula is C22H23ClN8O. The summed E-state index contributed by atoms with van der Waals surface area (Å²) < 4.78 is 0. The predicted molar refractivity (Wildman–Crippen MR) is 124 cm³/mol. The number of hydrogen-bond acceptors (Lipinski definition) is 8. The Morgan fingerprint density at radius 3 is 2.88 bits per heavy atom. The molecule has 0 saturated carbocycles. The number of aromatic nitrogens is 3. The molecule has 2 aliphatic heterocycles. The number of piperidine rings is 1. The van der Waals surface area contributed by atoms with Crippen molar-refractivity contribution in [2.24, 2.45) is 0 Å². The van der Waals surface area contributed by atoms with E-state index in [0.717, 1.165) is 42.1 Å². The first-order valence-corrected chi connectivity index (χ1v) is 10.9. The van der Waals surface area contributed by atoms with E-state index in [9.17, 15) is 4.79 Å². The molecule has 1 fully saturated rings. The third-order valence-electron chi connectivity index (χ3n) is 5.56. The fraction of sp³-hybridized carbons (Fsp3) is 0.273. The van der Waals surface area contributed by atoms with Crippen molar-refractivity contribution in [1.29, 1.82) is 0 Å². The lowest BCUT2D eigenvalue weighted by Crippen LogP contribution is -2.49. The lowest BCUT2D eigenvalue weighted by molar-refractivity contribution is 0.0966. The second-order valence-electron chi connectivity index (χ2n) is 7.84. The second kappa shape index (κ2) is 8.70. The molecule has 3 N–H and O–H groups in total. The molecule has 1 amide bonds. The Balaban J connectivity index is 1.43. The summed E-state index contributed by atoms with van der Waals surface area (Å²) in [4.78, 5) is 28.6. The first-order valence-electron chi connectivity index (χ1n) is 10.5. The van der Waals surface area contributed by atoms with Gasteiger partial charge in [0.15, 0.2) is 11.6 Å². The van der Waals surface area contributed by atoms with E-state index in [-0.39, 0.29) is 11.9 Å². The summed E-state index contributed by atoms with van der Waals surface area (Å²) in [7, 11) is 0. The van der Waals surface area contributed by atoms with Gasteiger partial charge >= 0.3 is 0 Å². The van der Waals surface area contributed by atoms with E-state index >= 15 is 0 Å². The fourth-order valence-corrected chi connectivity index (χ4v) is 4.21. The third kappa shape index (κ3) is 3.86. The predicted octanol–water partition coefficient (Wildman–Crippen LogP) is 3.22. The van der Waals surface area contributed by atoms with E-state index in [1.165, 1.54) is 0 Å². The minimum atomic E-state index is -0.229. The fourth-order valence-electron chi connectivity index (χ4n) is 4.00. The lowest BCUT2D eigenvalue weighted by Gasteiger charge is -2.34. The smallest absolute Gasteiger partial charge is 0.278 e. The minimum Gasteiger partial charge on any atom is -0.315 e. The molecule has 0 aromatic carbocycles. The van der Waals surface area contributed by atoms with Crippen LogP contribution in [0.2, 0.25) is 5.02 Å². The van der Waals surface area contributed by atoms with Crippen LogP contribution >= 0.6 is 11.6 Å². The van der Waals surface area contributed by atoms with Crippen molar-refractivity contribution in [1.82, 2.24) is 25.8 Å². The first-order chi connectivity index (χ1) is 15.6. The Kier molecular flexibility index (Phi) is 5.60. The zero-order valence-corrected chi connectivity index (χ0v) is 18.3. The van der Waals surface area contributed by atoms with Gasteiger partial charge in [0.2, 0.25) is 0 Å². The average Bonchev–Trinajstić information content (AvgIpc) is 3.24. The number of amides is 1. The van der Waals surface area contributed by atoms with E-state index in [0.29, 0.717) is 23.1 Å². The molecule has 0 spiro atoms. The molecule has 3 aromatic rings. The molecule has 10 heteroatoms. The molecule has 0 bridgehead atoms. The molecule has 164 valence electrons. The maximum Gasteiger partial charge on any atom is 0.278 e. The summed E-state index contributed by atoms with van der Waals surface area (Å²) in [6.45, 7) is 3.61. The second-order valence-corrected chi connectivity index (χ2v) is 8.25. The normalized spacial score (nSPS) is 17.6. The standard InChI is InChI=1S/C22H23ClN8O/c1-14-10-19-21(27-11-14)31(29-28-19)16-6-7-18(26-13-16)22(32)30(15-4-2-8-24-12-15)20-17(23)5-3-9-25-20/h3,5-7,9-11,13,15,24,28-29H,2,4,8,12H2,1H3/t15-/m1/s1. The van der Waals surface area contributed by atoms with Crippen molar-refractivity contribution >= 4 is 40.5 Å². The van der Waals surface area contributed by atoms with Gasteiger partial charge in [-0.2, -0.15) is 0 Å². The number of halogens is 1. The quantitative estimate of drug-likeness (QED) is 0.557. The summed E-state index contributed by atoms with van der Waals surface area (Å²) in [6.07, 6.45) is 6.95. The van der Waals surface area contributed by atoms with Crippen LogP contribution in [0.15, 0.2) is 48.9 Å². The van der Waals surface area contributed by atoms with Gasteiger partial charge in [-0.15, -0.1) is 5.53 Å². The molecule has 9 nitrogen and oxygen atoms in total. The van der Waals surface area contributed by atoms with Crippen LogP contribution in [0.3, 0.4) is 0 Å². The highest BCUT2D eigenvalue weighted by Crippen LogP contribution is 2.33. The Labute approximate surface area is 190 Å². The number of anilines is 4. The molecule has 32 heavy (non-hydrogen) atoms. The largest absolute Gasteiger partial charge is 0.315 e. The molecule has 5 heterocycles. The molecule has 1 saturated heterocycles. The van der Waals surface area contributed by atoms with Gasteiger partial charge in [0.05, 0.1) is 28.6 Å². The number of nitrogens with one attached hydrogen (secondary N) is 3. The van der Waals surface area contributed by atoms with Gasteiger partial charge in [-0.1, -0.05) is 11.6 Å². The van der Waals surface area contributed by atoms with E-state index in [1.807, 2.05) is 19.1 Å².